The maximum atomic E-state index is 11.8. The summed E-state index contributed by atoms with van der Waals surface area (Å²) < 4.78 is 44.4. The Labute approximate surface area is 95.1 Å². The first-order valence-corrected chi connectivity index (χ1v) is 4.51. The molecule has 2 N–H and O–H groups in total. The zero-order valence-corrected chi connectivity index (χ0v) is 8.88. The molecule has 0 unspecified atom stereocenters. The Morgan fingerprint density at radius 3 is 2.59 bits per heavy atom. The number of halogens is 3. The number of hydrogen-bond acceptors (Lipinski definition) is 4. The summed E-state index contributed by atoms with van der Waals surface area (Å²) in [6.45, 7) is -1.65. The van der Waals surface area contributed by atoms with Crippen molar-refractivity contribution in [3.05, 3.63) is 23.8 Å². The van der Waals surface area contributed by atoms with Crippen molar-refractivity contribution in [2.75, 3.05) is 19.5 Å². The zero-order valence-electron chi connectivity index (χ0n) is 8.88. The molecule has 0 atom stereocenters. The summed E-state index contributed by atoms with van der Waals surface area (Å²) in [6, 6.07) is 4.17. The van der Waals surface area contributed by atoms with Crippen LogP contribution in [-0.2, 0) is 4.74 Å². The SMILES string of the molecule is COc1cccc(C(=O)OCC(F)(F)F)c1N. The minimum atomic E-state index is -4.57. The molecule has 4 nitrogen and oxygen atoms in total. The molecule has 0 saturated carbocycles. The predicted molar refractivity (Wildman–Crippen MR) is 53.7 cm³/mol. The minimum Gasteiger partial charge on any atom is -0.495 e. The number of rotatable bonds is 3. The van der Waals surface area contributed by atoms with E-state index in [1.54, 1.807) is 0 Å². The average molecular weight is 249 g/mol. The number of nitrogens with two attached hydrogens (primary N) is 1. The molecule has 17 heavy (non-hydrogen) atoms. The number of alkyl halides is 3. The molecule has 0 fully saturated rings. The maximum absolute atomic E-state index is 11.8. The number of carbonyl (C=O) groups is 1. The third-order valence-electron chi connectivity index (χ3n) is 1.87. The summed E-state index contributed by atoms with van der Waals surface area (Å²) in [4.78, 5) is 11.3. The molecule has 7 heteroatoms. The monoisotopic (exact) mass is 249 g/mol. The lowest BCUT2D eigenvalue weighted by Crippen LogP contribution is -2.21. The average Bonchev–Trinajstić information content (AvgIpc) is 2.25. The van der Waals surface area contributed by atoms with Crippen LogP contribution < -0.4 is 10.5 Å². The second-order valence-corrected chi connectivity index (χ2v) is 3.11. The zero-order chi connectivity index (χ0) is 13.1. The van der Waals surface area contributed by atoms with Gasteiger partial charge in [-0.25, -0.2) is 4.79 Å². The molecule has 1 aromatic carbocycles. The van der Waals surface area contributed by atoms with Crippen molar-refractivity contribution in [1.82, 2.24) is 0 Å². The van der Waals surface area contributed by atoms with Crippen LogP contribution >= 0.6 is 0 Å². The molecule has 0 bridgehead atoms. The first-order chi connectivity index (χ1) is 7.85. The number of anilines is 1. The first kappa shape index (κ1) is 13.1. The molecule has 94 valence electrons. The normalized spacial score (nSPS) is 11.1. The Hall–Kier alpha value is -1.92. The van der Waals surface area contributed by atoms with Gasteiger partial charge >= 0.3 is 12.1 Å². The standard InChI is InChI=1S/C10H10F3NO3/c1-16-7-4-2-3-6(8(7)14)9(15)17-5-10(11,12)13/h2-4H,5,14H2,1H3. The van der Waals surface area contributed by atoms with Gasteiger partial charge in [0, 0.05) is 0 Å². The van der Waals surface area contributed by atoms with E-state index in [0.717, 1.165) is 0 Å². The first-order valence-electron chi connectivity index (χ1n) is 4.51. The molecular formula is C10H10F3NO3. The summed E-state index contributed by atoms with van der Waals surface area (Å²) in [5.41, 5.74) is 5.31. The lowest BCUT2D eigenvalue weighted by atomic mass is 10.1. The van der Waals surface area contributed by atoms with Crippen molar-refractivity contribution in [2.45, 2.75) is 6.18 Å². The third-order valence-corrected chi connectivity index (χ3v) is 1.87. The van der Waals surface area contributed by atoms with E-state index in [1.165, 1.54) is 25.3 Å². The number of nitrogen functional groups attached to an aromatic ring is 1. The summed E-state index contributed by atoms with van der Waals surface area (Å²) >= 11 is 0. The lowest BCUT2D eigenvalue weighted by Gasteiger charge is -2.11. The fourth-order valence-corrected chi connectivity index (χ4v) is 1.13. The molecule has 1 aromatic rings. The van der Waals surface area contributed by atoms with Gasteiger partial charge in [0.05, 0.1) is 18.4 Å². The molecule has 0 aromatic heterocycles. The highest BCUT2D eigenvalue weighted by atomic mass is 19.4. The lowest BCUT2D eigenvalue weighted by molar-refractivity contribution is -0.161. The van der Waals surface area contributed by atoms with Crippen molar-refractivity contribution in [1.29, 1.82) is 0 Å². The van der Waals surface area contributed by atoms with Gasteiger partial charge in [0.15, 0.2) is 6.61 Å². The predicted octanol–water partition coefficient (Wildman–Crippen LogP) is 2.00. The molecular weight excluding hydrogens is 239 g/mol. The Kier molecular flexibility index (Phi) is 3.82. The molecule has 1 rings (SSSR count). The number of methoxy groups -OCH3 is 1. The third kappa shape index (κ3) is 3.54. The highest BCUT2D eigenvalue weighted by molar-refractivity contribution is 5.96. The van der Waals surface area contributed by atoms with Gasteiger partial charge in [-0.2, -0.15) is 13.2 Å². The summed E-state index contributed by atoms with van der Waals surface area (Å²) in [5.74, 6) is -0.940. The Morgan fingerprint density at radius 1 is 1.41 bits per heavy atom. The number of esters is 1. The molecule has 0 radical (unpaired) electrons. The van der Waals surface area contributed by atoms with E-state index in [0.29, 0.717) is 0 Å². The van der Waals surface area contributed by atoms with Crippen LogP contribution in [0, 0.1) is 0 Å². The van der Waals surface area contributed by atoms with Crippen molar-refractivity contribution < 1.29 is 27.4 Å². The number of ether oxygens (including phenoxy) is 2. The molecule has 0 spiro atoms. The summed E-state index contributed by atoms with van der Waals surface area (Å²) in [7, 11) is 1.33. The fourth-order valence-electron chi connectivity index (χ4n) is 1.13. The van der Waals surface area contributed by atoms with Crippen LogP contribution in [0.25, 0.3) is 0 Å². The van der Waals surface area contributed by atoms with Crippen LogP contribution in [0.1, 0.15) is 10.4 Å². The topological polar surface area (TPSA) is 61.5 Å². The number of carbonyl (C=O) groups excluding carboxylic acids is 1. The van der Waals surface area contributed by atoms with Crippen molar-refractivity contribution >= 4 is 11.7 Å². The van der Waals surface area contributed by atoms with Crippen molar-refractivity contribution in [2.24, 2.45) is 0 Å². The maximum Gasteiger partial charge on any atom is 0.422 e. The van der Waals surface area contributed by atoms with Gasteiger partial charge in [-0.05, 0) is 12.1 Å². The van der Waals surface area contributed by atoms with Gasteiger partial charge in [0.1, 0.15) is 5.75 Å². The number of para-hydroxylation sites is 1. The Balaban J connectivity index is 2.83. The van der Waals surface area contributed by atoms with E-state index in [-0.39, 0.29) is 17.0 Å². The van der Waals surface area contributed by atoms with E-state index in [9.17, 15) is 18.0 Å². The quantitative estimate of drug-likeness (QED) is 0.657. The van der Waals surface area contributed by atoms with Crippen LogP contribution in [0.5, 0.6) is 5.75 Å². The molecule has 0 saturated heterocycles. The van der Waals surface area contributed by atoms with Gasteiger partial charge < -0.3 is 15.2 Å². The van der Waals surface area contributed by atoms with E-state index >= 15 is 0 Å². The minimum absolute atomic E-state index is 0.0535. The molecule has 0 heterocycles. The van der Waals surface area contributed by atoms with E-state index in [2.05, 4.69) is 4.74 Å². The second kappa shape index (κ2) is 4.94. The van der Waals surface area contributed by atoms with Crippen LogP contribution in [0.3, 0.4) is 0 Å². The Morgan fingerprint density at radius 2 is 2.06 bits per heavy atom. The van der Waals surface area contributed by atoms with Crippen LogP contribution in [0.4, 0.5) is 18.9 Å². The van der Waals surface area contributed by atoms with Gasteiger partial charge in [-0.15, -0.1) is 0 Å². The Bertz CT molecular complexity index is 418. The highest BCUT2D eigenvalue weighted by Gasteiger charge is 2.30. The van der Waals surface area contributed by atoms with Crippen molar-refractivity contribution in [3.63, 3.8) is 0 Å². The van der Waals surface area contributed by atoms with E-state index in [1.807, 2.05) is 0 Å². The molecule has 0 aliphatic carbocycles. The van der Waals surface area contributed by atoms with Crippen LogP contribution in [0.2, 0.25) is 0 Å². The number of benzene rings is 1. The van der Waals surface area contributed by atoms with Gasteiger partial charge in [0.25, 0.3) is 0 Å². The van der Waals surface area contributed by atoms with E-state index < -0.39 is 18.8 Å². The van der Waals surface area contributed by atoms with Gasteiger partial charge in [0.2, 0.25) is 0 Å². The fraction of sp³-hybridized carbons (Fsp3) is 0.300. The molecule has 0 amide bonds. The molecule has 0 aliphatic rings. The van der Waals surface area contributed by atoms with E-state index in [4.69, 9.17) is 10.5 Å². The molecule has 0 aliphatic heterocycles. The summed E-state index contributed by atoms with van der Waals surface area (Å²) in [6.07, 6.45) is -4.57. The summed E-state index contributed by atoms with van der Waals surface area (Å²) in [5, 5.41) is 0. The van der Waals surface area contributed by atoms with Crippen LogP contribution in [0.15, 0.2) is 18.2 Å². The highest BCUT2D eigenvalue weighted by Crippen LogP contribution is 2.25. The largest absolute Gasteiger partial charge is 0.495 e. The van der Waals surface area contributed by atoms with Crippen molar-refractivity contribution in [3.8, 4) is 5.75 Å². The second-order valence-electron chi connectivity index (χ2n) is 3.11. The van der Waals surface area contributed by atoms with Crippen LogP contribution in [-0.4, -0.2) is 25.9 Å². The smallest absolute Gasteiger partial charge is 0.422 e. The van der Waals surface area contributed by atoms with Gasteiger partial charge in [-0.1, -0.05) is 6.07 Å². The van der Waals surface area contributed by atoms with Gasteiger partial charge in [-0.3, -0.25) is 0 Å². The number of hydrogen-bond donors (Lipinski definition) is 1.